The van der Waals surface area contributed by atoms with Crippen LogP contribution in [0.5, 0.6) is 0 Å². The topological polar surface area (TPSA) is 60.2 Å². The van der Waals surface area contributed by atoms with E-state index in [2.05, 4.69) is 0 Å². The predicted molar refractivity (Wildman–Crippen MR) is 52.6 cm³/mol. The number of carbonyl (C=O) groups excluding carboxylic acids is 2. The van der Waals surface area contributed by atoms with Crippen LogP contribution in [0.3, 0.4) is 0 Å². The van der Waals surface area contributed by atoms with Crippen molar-refractivity contribution in [1.82, 2.24) is 0 Å². The maximum atomic E-state index is 12.0. The third-order valence-corrected chi connectivity index (χ3v) is 4.70. The number of carbonyl (C=O) groups is 2. The highest BCUT2D eigenvalue weighted by atomic mass is 16.2. The molecule has 2 rings (SSSR count). The normalized spacial score (nSPS) is 45.7. The molecule has 0 aromatic heterocycles. The molecule has 2 saturated carbocycles. The van der Waals surface area contributed by atoms with Crippen LogP contribution in [0.15, 0.2) is 0 Å². The molecule has 2 bridgehead atoms. The average molecular weight is 195 g/mol. The molecule has 3 nitrogen and oxygen atoms in total. The Bertz CT molecular complexity index is 321. The largest absolute Gasteiger partial charge is 0.315 e. The van der Waals surface area contributed by atoms with Gasteiger partial charge in [-0.2, -0.15) is 0 Å². The Morgan fingerprint density at radius 3 is 2.43 bits per heavy atom. The molecular weight excluding hydrogens is 178 g/mol. The average Bonchev–Trinajstić information content (AvgIpc) is 2.30. The molecule has 2 aliphatic rings. The molecule has 14 heavy (non-hydrogen) atoms. The van der Waals surface area contributed by atoms with E-state index in [0.29, 0.717) is 0 Å². The van der Waals surface area contributed by atoms with Gasteiger partial charge in [0.05, 0.1) is 0 Å². The summed E-state index contributed by atoms with van der Waals surface area (Å²) in [6, 6.07) is -0.861. The lowest BCUT2D eigenvalue weighted by molar-refractivity contribution is -0.148. The van der Waals surface area contributed by atoms with Gasteiger partial charge >= 0.3 is 0 Å². The number of hydrogen-bond acceptors (Lipinski definition) is 3. The summed E-state index contributed by atoms with van der Waals surface area (Å²) in [4.78, 5) is 23.8. The molecule has 0 aromatic carbocycles. The summed E-state index contributed by atoms with van der Waals surface area (Å²) < 4.78 is 0. The van der Waals surface area contributed by atoms with Crippen molar-refractivity contribution in [2.24, 2.45) is 22.5 Å². The van der Waals surface area contributed by atoms with Crippen LogP contribution in [0.1, 0.15) is 33.6 Å². The molecule has 0 spiro atoms. The van der Waals surface area contributed by atoms with E-state index in [9.17, 15) is 9.59 Å². The molecular formula is C11H17NO2. The first-order chi connectivity index (χ1) is 6.32. The quantitative estimate of drug-likeness (QED) is 0.584. The third kappa shape index (κ3) is 0.817. The molecule has 0 heterocycles. The van der Waals surface area contributed by atoms with Gasteiger partial charge < -0.3 is 5.73 Å². The second-order valence-corrected chi connectivity index (χ2v) is 5.39. The van der Waals surface area contributed by atoms with Gasteiger partial charge in [0.1, 0.15) is 6.04 Å². The van der Waals surface area contributed by atoms with Gasteiger partial charge in [-0.15, -0.1) is 0 Å². The van der Waals surface area contributed by atoms with Crippen molar-refractivity contribution in [3.63, 3.8) is 0 Å². The van der Waals surface area contributed by atoms with Crippen molar-refractivity contribution in [3.8, 4) is 0 Å². The minimum Gasteiger partial charge on any atom is -0.315 e. The second kappa shape index (κ2) is 2.45. The molecule has 2 aliphatic carbocycles. The van der Waals surface area contributed by atoms with Crippen LogP contribution in [0, 0.1) is 16.7 Å². The molecule has 0 saturated heterocycles. The highest BCUT2D eigenvalue weighted by molar-refractivity contribution is 6.13. The van der Waals surface area contributed by atoms with E-state index in [-0.39, 0.29) is 28.3 Å². The molecule has 0 amide bonds. The molecule has 0 aromatic rings. The number of hydrogen-bond donors (Lipinski definition) is 1. The summed E-state index contributed by atoms with van der Waals surface area (Å²) in [6.07, 6.45) is 1.63. The first-order valence-corrected chi connectivity index (χ1v) is 5.16. The maximum absolute atomic E-state index is 12.0. The van der Waals surface area contributed by atoms with Crippen molar-refractivity contribution >= 4 is 11.6 Å². The lowest BCUT2D eigenvalue weighted by atomic mass is 9.57. The highest BCUT2D eigenvalue weighted by Crippen LogP contribution is 2.59. The Morgan fingerprint density at radius 1 is 1.29 bits per heavy atom. The van der Waals surface area contributed by atoms with E-state index >= 15 is 0 Å². The zero-order chi connectivity index (χ0) is 10.7. The van der Waals surface area contributed by atoms with E-state index in [0.717, 1.165) is 12.8 Å². The van der Waals surface area contributed by atoms with Gasteiger partial charge in [0.2, 0.25) is 0 Å². The van der Waals surface area contributed by atoms with E-state index in [1.165, 1.54) is 0 Å². The lowest BCUT2D eigenvalue weighted by Gasteiger charge is -2.45. The van der Waals surface area contributed by atoms with Crippen LogP contribution in [-0.2, 0) is 9.59 Å². The SMILES string of the molecule is CC12CCC(C(=O)C(N)C1=O)C2(C)C. The molecule has 78 valence electrons. The Kier molecular flexibility index (Phi) is 1.72. The van der Waals surface area contributed by atoms with Gasteiger partial charge in [-0.25, -0.2) is 0 Å². The molecule has 2 fully saturated rings. The van der Waals surface area contributed by atoms with E-state index in [1.54, 1.807) is 0 Å². The van der Waals surface area contributed by atoms with Crippen LogP contribution in [0.4, 0.5) is 0 Å². The third-order valence-electron chi connectivity index (χ3n) is 4.70. The summed E-state index contributed by atoms with van der Waals surface area (Å²) in [6.45, 7) is 6.00. The fourth-order valence-corrected chi connectivity index (χ4v) is 3.13. The van der Waals surface area contributed by atoms with Crippen LogP contribution in [0.2, 0.25) is 0 Å². The maximum Gasteiger partial charge on any atom is 0.163 e. The summed E-state index contributed by atoms with van der Waals surface area (Å²) in [5.74, 6) is -0.114. The zero-order valence-corrected chi connectivity index (χ0v) is 8.96. The van der Waals surface area contributed by atoms with Crippen molar-refractivity contribution in [1.29, 1.82) is 0 Å². The van der Waals surface area contributed by atoms with Crippen LogP contribution < -0.4 is 5.73 Å². The van der Waals surface area contributed by atoms with Crippen molar-refractivity contribution < 1.29 is 9.59 Å². The van der Waals surface area contributed by atoms with E-state index < -0.39 is 6.04 Å². The Hall–Kier alpha value is -0.700. The molecule has 3 unspecified atom stereocenters. The zero-order valence-electron chi connectivity index (χ0n) is 8.96. The Balaban J connectivity index is 2.55. The fraction of sp³-hybridized carbons (Fsp3) is 0.818. The van der Waals surface area contributed by atoms with Crippen LogP contribution in [-0.4, -0.2) is 17.6 Å². The minimum absolute atomic E-state index is 0.0137. The van der Waals surface area contributed by atoms with Crippen LogP contribution >= 0.6 is 0 Å². The molecule has 0 radical (unpaired) electrons. The highest BCUT2D eigenvalue weighted by Gasteiger charge is 2.63. The number of Topliss-reactive ketones (excluding diaryl/α,β-unsaturated/α-hetero) is 2. The summed E-state index contributed by atoms with van der Waals surface area (Å²) in [7, 11) is 0. The monoisotopic (exact) mass is 195 g/mol. The van der Waals surface area contributed by atoms with Gasteiger partial charge in [0.25, 0.3) is 0 Å². The first kappa shape index (κ1) is 9.84. The van der Waals surface area contributed by atoms with Crippen LogP contribution in [0.25, 0.3) is 0 Å². The summed E-state index contributed by atoms with van der Waals surface area (Å²) in [5.41, 5.74) is 5.05. The number of ketones is 2. The van der Waals surface area contributed by atoms with Gasteiger partial charge in [-0.1, -0.05) is 20.8 Å². The van der Waals surface area contributed by atoms with E-state index in [1.807, 2.05) is 20.8 Å². The standard InChI is InChI=1S/C11H17NO2/c1-10(2)6-4-5-11(10,3)9(14)7(12)8(6)13/h6-7H,4-5,12H2,1-3H3. The fourth-order valence-electron chi connectivity index (χ4n) is 3.13. The van der Waals surface area contributed by atoms with Crippen molar-refractivity contribution in [2.75, 3.05) is 0 Å². The van der Waals surface area contributed by atoms with E-state index in [4.69, 9.17) is 5.73 Å². The molecule has 0 aliphatic heterocycles. The Morgan fingerprint density at radius 2 is 1.86 bits per heavy atom. The summed E-state index contributed by atoms with van der Waals surface area (Å²) >= 11 is 0. The lowest BCUT2D eigenvalue weighted by Crippen LogP contribution is -2.59. The van der Waals surface area contributed by atoms with Gasteiger partial charge in [0, 0.05) is 11.3 Å². The number of fused-ring (bicyclic) bond motifs is 2. The summed E-state index contributed by atoms with van der Waals surface area (Å²) in [5, 5.41) is 0. The number of nitrogens with two attached hydrogens (primary N) is 1. The first-order valence-electron chi connectivity index (χ1n) is 5.16. The van der Waals surface area contributed by atoms with Gasteiger partial charge in [-0.05, 0) is 18.3 Å². The molecule has 3 heteroatoms. The second-order valence-electron chi connectivity index (χ2n) is 5.39. The number of rotatable bonds is 0. The molecule has 2 N–H and O–H groups in total. The van der Waals surface area contributed by atoms with Crippen molar-refractivity contribution in [2.45, 2.75) is 39.7 Å². The smallest absolute Gasteiger partial charge is 0.163 e. The predicted octanol–water partition coefficient (Wildman–Crippen LogP) is 0.908. The van der Waals surface area contributed by atoms with Gasteiger partial charge in [0.15, 0.2) is 11.6 Å². The molecule has 3 atom stereocenters. The Labute approximate surface area is 84.0 Å². The minimum atomic E-state index is -0.861. The van der Waals surface area contributed by atoms with Crippen molar-refractivity contribution in [3.05, 3.63) is 0 Å². The van der Waals surface area contributed by atoms with Gasteiger partial charge in [-0.3, -0.25) is 9.59 Å².